The van der Waals surface area contributed by atoms with Gasteiger partial charge in [-0.2, -0.15) is 0 Å². The van der Waals surface area contributed by atoms with Crippen molar-refractivity contribution in [3.8, 4) is 0 Å². The SMILES string of the molecule is CC1CCCC(NC(=O)N2CCCC(O)C2)C1C. The van der Waals surface area contributed by atoms with Crippen molar-refractivity contribution in [1.82, 2.24) is 10.2 Å². The van der Waals surface area contributed by atoms with Gasteiger partial charge in [0.2, 0.25) is 0 Å². The minimum absolute atomic E-state index is 0.0136. The average Bonchev–Trinajstić information content (AvgIpc) is 2.35. The Bertz CT molecular complexity index is 296. The van der Waals surface area contributed by atoms with E-state index in [1.807, 2.05) is 0 Å². The van der Waals surface area contributed by atoms with E-state index in [1.54, 1.807) is 4.90 Å². The third-order valence-electron chi connectivity index (χ3n) is 4.70. The van der Waals surface area contributed by atoms with Crippen LogP contribution in [-0.2, 0) is 0 Å². The van der Waals surface area contributed by atoms with Crippen molar-refractivity contribution in [3.05, 3.63) is 0 Å². The Morgan fingerprint density at radius 2 is 2.00 bits per heavy atom. The van der Waals surface area contributed by atoms with Crippen LogP contribution >= 0.6 is 0 Å². The number of carbonyl (C=O) groups is 1. The summed E-state index contributed by atoms with van der Waals surface area (Å²) in [6, 6.07) is 0.319. The minimum Gasteiger partial charge on any atom is -0.391 e. The topological polar surface area (TPSA) is 52.6 Å². The molecule has 104 valence electrons. The van der Waals surface area contributed by atoms with Gasteiger partial charge in [-0.25, -0.2) is 4.79 Å². The molecule has 2 N–H and O–H groups in total. The molecule has 1 saturated heterocycles. The number of carbonyl (C=O) groups excluding carboxylic acids is 1. The van der Waals surface area contributed by atoms with E-state index in [-0.39, 0.29) is 12.1 Å². The fourth-order valence-corrected chi connectivity index (χ4v) is 3.17. The molecule has 4 unspecified atom stereocenters. The normalized spacial score (nSPS) is 37.4. The lowest BCUT2D eigenvalue weighted by atomic mass is 9.78. The maximum absolute atomic E-state index is 12.2. The monoisotopic (exact) mass is 254 g/mol. The molecule has 1 aliphatic heterocycles. The molecular formula is C14H26N2O2. The first-order chi connectivity index (χ1) is 8.58. The number of β-amino-alcohol motifs (C(OH)–C–C–N with tert-alkyl or cyclic N) is 1. The minimum atomic E-state index is -0.341. The fourth-order valence-electron chi connectivity index (χ4n) is 3.17. The van der Waals surface area contributed by atoms with E-state index in [4.69, 9.17) is 0 Å². The third kappa shape index (κ3) is 3.16. The summed E-state index contributed by atoms with van der Waals surface area (Å²) in [5, 5.41) is 12.8. The Kier molecular flexibility index (Phi) is 4.49. The van der Waals surface area contributed by atoms with E-state index in [2.05, 4.69) is 19.2 Å². The number of hydrogen-bond donors (Lipinski definition) is 2. The molecular weight excluding hydrogens is 228 g/mol. The Labute approximate surface area is 110 Å². The van der Waals surface area contributed by atoms with Crippen molar-refractivity contribution in [2.75, 3.05) is 13.1 Å². The molecule has 0 aromatic rings. The summed E-state index contributed by atoms with van der Waals surface area (Å²) in [6.07, 6.45) is 4.96. The number of hydrogen-bond acceptors (Lipinski definition) is 2. The standard InChI is InChI=1S/C14H26N2O2/c1-10-5-3-7-13(11(10)2)15-14(18)16-8-4-6-12(17)9-16/h10-13,17H,3-9H2,1-2H3,(H,15,18). The van der Waals surface area contributed by atoms with E-state index in [0.29, 0.717) is 24.4 Å². The maximum atomic E-state index is 12.2. The molecule has 1 heterocycles. The molecule has 2 aliphatic rings. The van der Waals surface area contributed by atoms with Crippen molar-refractivity contribution in [2.24, 2.45) is 11.8 Å². The highest BCUT2D eigenvalue weighted by Crippen LogP contribution is 2.29. The Hall–Kier alpha value is -0.770. The largest absolute Gasteiger partial charge is 0.391 e. The molecule has 0 radical (unpaired) electrons. The van der Waals surface area contributed by atoms with Gasteiger partial charge in [-0.1, -0.05) is 26.7 Å². The van der Waals surface area contributed by atoms with Crippen molar-refractivity contribution in [2.45, 2.75) is 58.1 Å². The summed E-state index contributed by atoms with van der Waals surface area (Å²) in [7, 11) is 0. The number of aliphatic hydroxyl groups is 1. The molecule has 0 aromatic carbocycles. The van der Waals surface area contributed by atoms with Crippen LogP contribution in [0, 0.1) is 11.8 Å². The molecule has 18 heavy (non-hydrogen) atoms. The van der Waals surface area contributed by atoms with E-state index >= 15 is 0 Å². The zero-order valence-corrected chi connectivity index (χ0v) is 11.6. The molecule has 1 saturated carbocycles. The number of piperidine rings is 1. The van der Waals surface area contributed by atoms with Gasteiger partial charge >= 0.3 is 6.03 Å². The van der Waals surface area contributed by atoms with Gasteiger partial charge in [0.05, 0.1) is 6.10 Å². The van der Waals surface area contributed by atoms with Crippen LogP contribution in [0.25, 0.3) is 0 Å². The third-order valence-corrected chi connectivity index (χ3v) is 4.70. The Balaban J connectivity index is 1.86. The zero-order chi connectivity index (χ0) is 13.1. The van der Waals surface area contributed by atoms with E-state index in [1.165, 1.54) is 12.8 Å². The van der Waals surface area contributed by atoms with Crippen LogP contribution in [0.15, 0.2) is 0 Å². The lowest BCUT2D eigenvalue weighted by Gasteiger charge is -2.37. The predicted octanol–water partition coefficient (Wildman–Crippen LogP) is 1.98. The van der Waals surface area contributed by atoms with Crippen LogP contribution < -0.4 is 5.32 Å². The number of nitrogens with one attached hydrogen (secondary N) is 1. The quantitative estimate of drug-likeness (QED) is 0.752. The highest BCUT2D eigenvalue weighted by Gasteiger charge is 2.30. The summed E-state index contributed by atoms with van der Waals surface area (Å²) in [5.74, 6) is 1.24. The molecule has 1 aliphatic carbocycles. The molecule has 4 nitrogen and oxygen atoms in total. The summed E-state index contributed by atoms with van der Waals surface area (Å²) in [6.45, 7) is 5.77. The lowest BCUT2D eigenvalue weighted by Crippen LogP contribution is -2.52. The van der Waals surface area contributed by atoms with E-state index in [9.17, 15) is 9.90 Å². The summed E-state index contributed by atoms with van der Waals surface area (Å²) < 4.78 is 0. The number of amides is 2. The smallest absolute Gasteiger partial charge is 0.317 e. The molecule has 4 heteroatoms. The molecule has 0 aromatic heterocycles. The van der Waals surface area contributed by atoms with Crippen LogP contribution in [0.5, 0.6) is 0 Å². The van der Waals surface area contributed by atoms with Crippen LogP contribution in [0.4, 0.5) is 4.79 Å². The second-order valence-electron chi connectivity index (χ2n) is 6.07. The molecule has 0 bridgehead atoms. The molecule has 2 amide bonds. The van der Waals surface area contributed by atoms with Gasteiger partial charge in [0.1, 0.15) is 0 Å². The Morgan fingerprint density at radius 1 is 1.22 bits per heavy atom. The van der Waals surface area contributed by atoms with E-state index < -0.39 is 0 Å². The number of rotatable bonds is 1. The fraction of sp³-hybridized carbons (Fsp3) is 0.929. The lowest BCUT2D eigenvalue weighted by molar-refractivity contribution is 0.0806. The molecule has 4 atom stereocenters. The number of likely N-dealkylation sites (tertiary alicyclic amines) is 1. The first-order valence-electron chi connectivity index (χ1n) is 7.31. The Morgan fingerprint density at radius 3 is 2.72 bits per heavy atom. The van der Waals surface area contributed by atoms with E-state index in [0.717, 1.165) is 25.8 Å². The summed E-state index contributed by atoms with van der Waals surface area (Å²) >= 11 is 0. The highest BCUT2D eigenvalue weighted by atomic mass is 16.3. The van der Waals surface area contributed by atoms with Crippen molar-refractivity contribution < 1.29 is 9.90 Å². The first kappa shape index (κ1) is 13.7. The van der Waals surface area contributed by atoms with Gasteiger partial charge in [0.15, 0.2) is 0 Å². The van der Waals surface area contributed by atoms with Gasteiger partial charge in [-0.3, -0.25) is 0 Å². The summed E-state index contributed by atoms with van der Waals surface area (Å²) in [4.78, 5) is 13.9. The van der Waals surface area contributed by atoms with Crippen LogP contribution in [0.1, 0.15) is 46.0 Å². The van der Waals surface area contributed by atoms with Gasteiger partial charge in [0.25, 0.3) is 0 Å². The van der Waals surface area contributed by atoms with Crippen LogP contribution in [-0.4, -0.2) is 41.3 Å². The van der Waals surface area contributed by atoms with Crippen molar-refractivity contribution in [3.63, 3.8) is 0 Å². The number of urea groups is 1. The predicted molar refractivity (Wildman–Crippen MR) is 71.3 cm³/mol. The van der Waals surface area contributed by atoms with Gasteiger partial charge < -0.3 is 15.3 Å². The zero-order valence-electron chi connectivity index (χ0n) is 11.6. The second-order valence-corrected chi connectivity index (χ2v) is 6.07. The maximum Gasteiger partial charge on any atom is 0.317 e. The highest BCUT2D eigenvalue weighted by molar-refractivity contribution is 5.74. The molecule has 2 fully saturated rings. The van der Waals surface area contributed by atoms with Gasteiger partial charge in [-0.05, 0) is 31.1 Å². The average molecular weight is 254 g/mol. The summed E-state index contributed by atoms with van der Waals surface area (Å²) in [5.41, 5.74) is 0. The number of aliphatic hydroxyl groups excluding tert-OH is 1. The van der Waals surface area contributed by atoms with Crippen LogP contribution in [0.2, 0.25) is 0 Å². The molecule has 2 rings (SSSR count). The van der Waals surface area contributed by atoms with Gasteiger partial charge in [-0.15, -0.1) is 0 Å². The van der Waals surface area contributed by atoms with Gasteiger partial charge in [0, 0.05) is 19.1 Å². The second kappa shape index (κ2) is 5.91. The van der Waals surface area contributed by atoms with Crippen molar-refractivity contribution in [1.29, 1.82) is 0 Å². The van der Waals surface area contributed by atoms with Crippen molar-refractivity contribution >= 4 is 6.03 Å². The molecule has 0 spiro atoms. The van der Waals surface area contributed by atoms with Crippen LogP contribution in [0.3, 0.4) is 0 Å². The first-order valence-corrected chi connectivity index (χ1v) is 7.31. The number of nitrogens with zero attached hydrogens (tertiary/aromatic N) is 1.